The van der Waals surface area contributed by atoms with Crippen LogP contribution in [0.3, 0.4) is 0 Å². The van der Waals surface area contributed by atoms with Crippen LogP contribution in [0.4, 0.5) is 9.59 Å². The normalized spacial score (nSPS) is 26.1. The molecule has 2 aliphatic heterocycles. The largest absolute Gasteiger partial charge is 0.444 e. The van der Waals surface area contributed by atoms with Gasteiger partial charge < -0.3 is 29.9 Å². The monoisotopic (exact) mass is 434 g/mol. The first kappa shape index (κ1) is 26.4. The van der Waals surface area contributed by atoms with Gasteiger partial charge in [0.2, 0.25) is 0 Å². The topological polar surface area (TPSA) is 140 Å². The first-order valence-electron chi connectivity index (χ1n) is 10.2. The van der Waals surface area contributed by atoms with Crippen LogP contribution in [-0.4, -0.2) is 104 Å². The highest BCUT2D eigenvalue weighted by atomic mass is 16.6. The Morgan fingerprint density at radius 3 is 1.07 bits per heavy atom. The van der Waals surface area contributed by atoms with Crippen LogP contribution in [0.15, 0.2) is 0 Å². The molecule has 30 heavy (non-hydrogen) atoms. The summed E-state index contributed by atoms with van der Waals surface area (Å²) in [5.74, 6) is 0. The molecule has 2 heterocycles. The zero-order valence-corrected chi connectivity index (χ0v) is 18.9. The molecule has 0 radical (unpaired) electrons. The molecule has 4 atom stereocenters. The highest BCUT2D eigenvalue weighted by Gasteiger charge is 2.43. The quantitative estimate of drug-likeness (QED) is 0.507. The molecule has 0 bridgehead atoms. The maximum Gasteiger partial charge on any atom is 0.410 e. The fourth-order valence-corrected chi connectivity index (χ4v) is 3.28. The van der Waals surface area contributed by atoms with E-state index in [-0.39, 0.29) is 50.6 Å². The van der Waals surface area contributed by atoms with Gasteiger partial charge in [-0.15, -0.1) is 0 Å². The molecule has 0 aliphatic carbocycles. The number of ether oxygens (including phenoxy) is 2. The fourth-order valence-electron chi connectivity index (χ4n) is 3.28. The third-order valence-electron chi connectivity index (χ3n) is 4.71. The Balaban J connectivity index is 0.000000300. The summed E-state index contributed by atoms with van der Waals surface area (Å²) in [4.78, 5) is 26.1. The van der Waals surface area contributed by atoms with E-state index in [4.69, 9.17) is 29.9 Å². The zero-order valence-electron chi connectivity index (χ0n) is 18.9. The number of hydrogen-bond acceptors (Lipinski definition) is 8. The van der Waals surface area contributed by atoms with Crippen LogP contribution in [0, 0.1) is 0 Å². The predicted octanol–water partition coefficient (Wildman–Crippen LogP) is 0.698. The average molecular weight is 435 g/mol. The number of nitrogens with zero attached hydrogens (tertiary/aromatic N) is 2. The second-order valence-electron chi connectivity index (χ2n) is 9.59. The second-order valence-corrected chi connectivity index (χ2v) is 9.59. The van der Waals surface area contributed by atoms with Crippen molar-refractivity contribution in [1.82, 2.24) is 9.80 Å². The van der Waals surface area contributed by atoms with E-state index in [2.05, 4.69) is 0 Å². The maximum absolute atomic E-state index is 11.7. The number of carbonyl (C=O) groups is 2. The molecule has 0 spiro atoms. The van der Waals surface area contributed by atoms with E-state index in [9.17, 15) is 9.59 Å². The Kier molecular flexibility index (Phi) is 9.34. The molecule has 176 valence electrons. The van der Waals surface area contributed by atoms with Crippen LogP contribution in [0.25, 0.3) is 0 Å². The summed E-state index contributed by atoms with van der Waals surface area (Å²) in [6.07, 6.45) is 0.331. The van der Waals surface area contributed by atoms with Gasteiger partial charge in [-0.3, -0.25) is 9.80 Å². The van der Waals surface area contributed by atoms with Gasteiger partial charge in [-0.2, -0.15) is 0 Å². The molecule has 2 rings (SSSR count). The molecular formula is C20H38N2O8. The first-order valence-corrected chi connectivity index (χ1v) is 10.2. The molecule has 4 N–H and O–H groups in total. The molecule has 2 aliphatic rings. The van der Waals surface area contributed by atoms with Crippen molar-refractivity contribution >= 4 is 12.2 Å². The summed E-state index contributed by atoms with van der Waals surface area (Å²) in [6.45, 7) is 10.4. The number of rotatable bonds is 4. The van der Waals surface area contributed by atoms with Crippen LogP contribution in [0.2, 0.25) is 0 Å². The standard InChI is InChI=1S/2C10H19NO4/c2*1-10(2,3)15-9(14)11-7(5-12)4-8(11)6-13/h2*7-8,12-13H,4-6H2,1-3H3/t2*7-,8-/m10/s1. The van der Waals surface area contributed by atoms with Crippen molar-refractivity contribution in [3.8, 4) is 0 Å². The molecule has 10 nitrogen and oxygen atoms in total. The smallest absolute Gasteiger partial charge is 0.410 e. The van der Waals surface area contributed by atoms with E-state index in [1.165, 1.54) is 9.80 Å². The highest BCUT2D eigenvalue weighted by Crippen LogP contribution is 2.28. The van der Waals surface area contributed by atoms with Gasteiger partial charge in [0.1, 0.15) is 11.2 Å². The van der Waals surface area contributed by atoms with Gasteiger partial charge in [-0.1, -0.05) is 0 Å². The van der Waals surface area contributed by atoms with Crippen molar-refractivity contribution in [2.75, 3.05) is 26.4 Å². The SMILES string of the molecule is CC(C)(C)OC(=O)N1[C@@H](CO)C[C@@H]1CO.CC(C)(C)OC(=O)N1[C@H](CO)C[C@H]1CO. The third-order valence-corrected chi connectivity index (χ3v) is 4.71. The Labute approximate surface area is 178 Å². The van der Waals surface area contributed by atoms with E-state index >= 15 is 0 Å². The molecule has 2 fully saturated rings. The number of hydrogen-bond donors (Lipinski definition) is 4. The maximum atomic E-state index is 11.7. The minimum Gasteiger partial charge on any atom is -0.444 e. The van der Waals surface area contributed by atoms with Gasteiger partial charge in [-0.25, -0.2) is 9.59 Å². The minimum atomic E-state index is -0.549. The molecule has 0 aromatic rings. The lowest BCUT2D eigenvalue weighted by molar-refractivity contribution is -0.0588. The molecular weight excluding hydrogens is 396 g/mol. The molecule has 0 saturated carbocycles. The van der Waals surface area contributed by atoms with E-state index in [1.54, 1.807) is 41.5 Å². The van der Waals surface area contributed by atoms with Gasteiger partial charge >= 0.3 is 12.2 Å². The van der Waals surface area contributed by atoms with Gasteiger partial charge in [0, 0.05) is 0 Å². The van der Waals surface area contributed by atoms with Gasteiger partial charge in [0.15, 0.2) is 0 Å². The van der Waals surface area contributed by atoms with Crippen LogP contribution in [0.5, 0.6) is 0 Å². The lowest BCUT2D eigenvalue weighted by atomic mass is 9.95. The van der Waals surface area contributed by atoms with Crippen molar-refractivity contribution in [2.45, 2.75) is 89.8 Å². The number of aliphatic hydroxyl groups excluding tert-OH is 4. The zero-order chi connectivity index (χ0) is 23.3. The van der Waals surface area contributed by atoms with Crippen molar-refractivity contribution < 1.29 is 39.5 Å². The Bertz CT molecular complexity index is 502. The molecule has 0 aromatic heterocycles. The van der Waals surface area contributed by atoms with Crippen molar-refractivity contribution in [3.63, 3.8) is 0 Å². The number of likely N-dealkylation sites (tertiary alicyclic amines) is 2. The third kappa shape index (κ3) is 7.26. The van der Waals surface area contributed by atoms with Gasteiger partial charge in [0.05, 0.1) is 50.6 Å². The minimum absolute atomic E-state index is 0.0876. The molecule has 0 unspecified atom stereocenters. The van der Waals surface area contributed by atoms with Crippen molar-refractivity contribution in [2.24, 2.45) is 0 Å². The Morgan fingerprint density at radius 1 is 0.667 bits per heavy atom. The van der Waals surface area contributed by atoms with Gasteiger partial charge in [0.25, 0.3) is 0 Å². The van der Waals surface area contributed by atoms with Gasteiger partial charge in [-0.05, 0) is 54.4 Å². The highest BCUT2D eigenvalue weighted by molar-refractivity contribution is 5.70. The van der Waals surface area contributed by atoms with E-state index in [0.29, 0.717) is 12.8 Å². The summed E-state index contributed by atoms with van der Waals surface area (Å²) in [6, 6.07) is -0.844. The first-order chi connectivity index (χ1) is 13.8. The van der Waals surface area contributed by atoms with E-state index in [1.807, 2.05) is 0 Å². The molecule has 10 heteroatoms. The summed E-state index contributed by atoms with van der Waals surface area (Å²) >= 11 is 0. The van der Waals surface area contributed by atoms with Crippen molar-refractivity contribution in [1.29, 1.82) is 0 Å². The molecule has 2 amide bonds. The van der Waals surface area contributed by atoms with Crippen LogP contribution < -0.4 is 0 Å². The second kappa shape index (κ2) is 10.6. The fraction of sp³-hybridized carbons (Fsp3) is 0.900. The summed E-state index contributed by atoms with van der Waals surface area (Å²) < 4.78 is 10.3. The van der Waals surface area contributed by atoms with Crippen molar-refractivity contribution in [3.05, 3.63) is 0 Å². The van der Waals surface area contributed by atoms with E-state index in [0.717, 1.165) is 0 Å². The average Bonchev–Trinajstić information content (AvgIpc) is 2.51. The molecule has 2 saturated heterocycles. The lowest BCUT2D eigenvalue weighted by Crippen LogP contribution is -2.62. The summed E-state index contributed by atoms with van der Waals surface area (Å²) in [7, 11) is 0. The number of amides is 2. The Hall–Kier alpha value is -1.62. The van der Waals surface area contributed by atoms with Crippen LogP contribution in [0.1, 0.15) is 54.4 Å². The van der Waals surface area contributed by atoms with Crippen LogP contribution in [-0.2, 0) is 9.47 Å². The summed E-state index contributed by atoms with van der Waals surface area (Å²) in [5, 5.41) is 35.9. The van der Waals surface area contributed by atoms with E-state index < -0.39 is 23.4 Å². The lowest BCUT2D eigenvalue weighted by Gasteiger charge is -2.46. The molecule has 0 aromatic carbocycles. The predicted molar refractivity (Wildman–Crippen MR) is 109 cm³/mol. The van der Waals surface area contributed by atoms with Crippen LogP contribution >= 0.6 is 0 Å². The number of aliphatic hydroxyl groups is 4. The number of carbonyl (C=O) groups excluding carboxylic acids is 2. The Morgan fingerprint density at radius 2 is 0.900 bits per heavy atom. The summed E-state index contributed by atoms with van der Waals surface area (Å²) in [5.41, 5.74) is -1.10.